The van der Waals surface area contributed by atoms with Crippen LogP contribution in [0.2, 0.25) is 0 Å². The van der Waals surface area contributed by atoms with Gasteiger partial charge in [-0.05, 0) is 56.0 Å². The van der Waals surface area contributed by atoms with Gasteiger partial charge in [0.15, 0.2) is 0 Å². The normalized spacial score (nSPS) is 19.2. The zero-order valence-electron chi connectivity index (χ0n) is 15.9. The monoisotopic (exact) mass is 402 g/mol. The zero-order chi connectivity index (χ0) is 19.2. The summed E-state index contributed by atoms with van der Waals surface area (Å²) in [7, 11) is 0. The number of amides is 3. The highest BCUT2D eigenvalue weighted by atomic mass is 35.5. The molecular formula is C21H27ClN4O2. The Kier molecular flexibility index (Phi) is 7.84. The third kappa shape index (κ3) is 5.97. The van der Waals surface area contributed by atoms with Gasteiger partial charge in [0.25, 0.3) is 0 Å². The van der Waals surface area contributed by atoms with Crippen molar-refractivity contribution in [1.82, 2.24) is 5.32 Å². The molecule has 5 N–H and O–H groups in total. The standard InChI is InChI=1S/C21H26N4O2.ClH/c1-14(23-20(26)16-7-10-17(22)13-16)15-8-11-19(12-9-15)25-21(27)24-18-5-3-2-4-6-18;/h2-6,8-9,11-12,14,16-17H,7,10,13,22H2,1H3,(H,23,26)(H2,24,25,27);1H. The van der Waals surface area contributed by atoms with Crippen molar-refractivity contribution in [3.8, 4) is 0 Å². The number of hydrogen-bond donors (Lipinski definition) is 4. The highest BCUT2D eigenvalue weighted by Crippen LogP contribution is 2.25. The molecule has 0 radical (unpaired) electrons. The molecule has 0 aromatic heterocycles. The van der Waals surface area contributed by atoms with Crippen molar-refractivity contribution in [3.63, 3.8) is 0 Å². The maximum absolute atomic E-state index is 12.3. The molecule has 1 saturated carbocycles. The first-order valence-electron chi connectivity index (χ1n) is 9.30. The average molecular weight is 403 g/mol. The summed E-state index contributed by atoms with van der Waals surface area (Å²) in [5.41, 5.74) is 8.29. The molecule has 3 atom stereocenters. The van der Waals surface area contributed by atoms with Crippen LogP contribution in [0.4, 0.5) is 16.2 Å². The number of nitrogens with two attached hydrogens (primary N) is 1. The van der Waals surface area contributed by atoms with Crippen LogP contribution in [-0.2, 0) is 4.79 Å². The lowest BCUT2D eigenvalue weighted by molar-refractivity contribution is -0.125. The molecule has 3 amide bonds. The molecule has 2 aromatic carbocycles. The van der Waals surface area contributed by atoms with Crippen LogP contribution in [0.15, 0.2) is 54.6 Å². The SMILES string of the molecule is CC(NC(=O)C1CCC(N)C1)c1ccc(NC(=O)Nc2ccccc2)cc1.Cl. The Hall–Kier alpha value is -2.57. The molecule has 0 heterocycles. The molecule has 2 aromatic rings. The fraction of sp³-hybridized carbons (Fsp3) is 0.333. The van der Waals surface area contributed by atoms with Gasteiger partial charge in [-0.1, -0.05) is 30.3 Å². The van der Waals surface area contributed by atoms with Crippen LogP contribution in [0.25, 0.3) is 0 Å². The summed E-state index contributed by atoms with van der Waals surface area (Å²) in [5.74, 6) is 0.0879. The Morgan fingerprint density at radius 2 is 1.57 bits per heavy atom. The van der Waals surface area contributed by atoms with E-state index < -0.39 is 0 Å². The molecule has 0 spiro atoms. The number of benzene rings is 2. The van der Waals surface area contributed by atoms with Gasteiger partial charge in [-0.2, -0.15) is 0 Å². The van der Waals surface area contributed by atoms with Crippen LogP contribution >= 0.6 is 12.4 Å². The van der Waals surface area contributed by atoms with E-state index in [2.05, 4.69) is 16.0 Å². The summed E-state index contributed by atoms with van der Waals surface area (Å²) < 4.78 is 0. The maximum atomic E-state index is 12.3. The van der Waals surface area contributed by atoms with E-state index in [0.717, 1.165) is 30.5 Å². The van der Waals surface area contributed by atoms with Crippen molar-refractivity contribution in [1.29, 1.82) is 0 Å². The van der Waals surface area contributed by atoms with E-state index in [4.69, 9.17) is 5.73 Å². The number of rotatable bonds is 5. The quantitative estimate of drug-likeness (QED) is 0.607. The highest BCUT2D eigenvalue weighted by molar-refractivity contribution is 5.99. The van der Waals surface area contributed by atoms with Crippen LogP contribution in [-0.4, -0.2) is 18.0 Å². The lowest BCUT2D eigenvalue weighted by atomic mass is 10.0. The first kappa shape index (κ1) is 21.7. The summed E-state index contributed by atoms with van der Waals surface area (Å²) in [4.78, 5) is 24.4. The number of nitrogens with one attached hydrogen (secondary N) is 3. The molecule has 6 nitrogen and oxygen atoms in total. The first-order valence-corrected chi connectivity index (χ1v) is 9.30. The highest BCUT2D eigenvalue weighted by Gasteiger charge is 2.28. The topological polar surface area (TPSA) is 96.2 Å². The second kappa shape index (κ2) is 10.1. The first-order chi connectivity index (χ1) is 13.0. The summed E-state index contributed by atoms with van der Waals surface area (Å²) in [6.07, 6.45) is 2.54. The number of carbonyl (C=O) groups is 2. The average Bonchev–Trinajstić information content (AvgIpc) is 3.09. The van der Waals surface area contributed by atoms with Gasteiger partial charge in [-0.3, -0.25) is 4.79 Å². The Balaban J connectivity index is 0.00000280. The van der Waals surface area contributed by atoms with Crippen molar-refractivity contribution in [2.24, 2.45) is 11.7 Å². The summed E-state index contributed by atoms with van der Waals surface area (Å²) in [6, 6.07) is 16.5. The molecule has 3 unspecified atom stereocenters. The number of urea groups is 1. The summed E-state index contributed by atoms with van der Waals surface area (Å²) >= 11 is 0. The van der Waals surface area contributed by atoms with Crippen molar-refractivity contribution in [2.45, 2.75) is 38.3 Å². The zero-order valence-corrected chi connectivity index (χ0v) is 16.7. The lowest BCUT2D eigenvalue weighted by Crippen LogP contribution is -2.32. The van der Waals surface area contributed by atoms with E-state index in [-0.39, 0.29) is 42.3 Å². The lowest BCUT2D eigenvalue weighted by Gasteiger charge is -2.18. The molecule has 0 bridgehead atoms. The fourth-order valence-corrected chi connectivity index (χ4v) is 3.34. The van der Waals surface area contributed by atoms with Gasteiger partial charge in [-0.15, -0.1) is 12.4 Å². The van der Waals surface area contributed by atoms with E-state index in [0.29, 0.717) is 5.69 Å². The summed E-state index contributed by atoms with van der Waals surface area (Å²) in [6.45, 7) is 1.96. The molecule has 1 aliphatic rings. The van der Waals surface area contributed by atoms with E-state index in [9.17, 15) is 9.59 Å². The molecular weight excluding hydrogens is 376 g/mol. The van der Waals surface area contributed by atoms with Crippen LogP contribution in [0.1, 0.15) is 37.8 Å². The molecule has 150 valence electrons. The van der Waals surface area contributed by atoms with E-state index in [1.165, 1.54) is 0 Å². The molecule has 7 heteroatoms. The van der Waals surface area contributed by atoms with Gasteiger partial charge < -0.3 is 21.7 Å². The molecule has 0 aliphatic heterocycles. The second-order valence-electron chi connectivity index (χ2n) is 7.07. The predicted octanol–water partition coefficient (Wildman–Crippen LogP) is 4.06. The molecule has 1 fully saturated rings. The van der Waals surface area contributed by atoms with Gasteiger partial charge in [0.05, 0.1) is 6.04 Å². The van der Waals surface area contributed by atoms with E-state index in [1.54, 1.807) is 0 Å². The largest absolute Gasteiger partial charge is 0.349 e. The number of halogens is 1. The van der Waals surface area contributed by atoms with Gasteiger partial charge in [0, 0.05) is 23.3 Å². The van der Waals surface area contributed by atoms with Gasteiger partial charge in [0.1, 0.15) is 0 Å². The van der Waals surface area contributed by atoms with Crippen LogP contribution < -0.4 is 21.7 Å². The third-order valence-corrected chi connectivity index (χ3v) is 4.90. The van der Waals surface area contributed by atoms with Gasteiger partial charge in [-0.25, -0.2) is 4.79 Å². The van der Waals surface area contributed by atoms with E-state index in [1.807, 2.05) is 61.5 Å². The Bertz CT molecular complexity index is 783. The van der Waals surface area contributed by atoms with Crippen molar-refractivity contribution >= 4 is 35.7 Å². The minimum Gasteiger partial charge on any atom is -0.349 e. The minimum absolute atomic E-state index is 0. The Labute approximate surface area is 171 Å². The maximum Gasteiger partial charge on any atom is 0.323 e. The number of para-hydroxylation sites is 1. The Morgan fingerprint density at radius 1 is 0.964 bits per heavy atom. The second-order valence-corrected chi connectivity index (χ2v) is 7.07. The molecule has 3 rings (SSSR count). The Morgan fingerprint density at radius 3 is 2.14 bits per heavy atom. The third-order valence-electron chi connectivity index (χ3n) is 4.90. The van der Waals surface area contributed by atoms with Crippen molar-refractivity contribution in [2.75, 3.05) is 10.6 Å². The number of anilines is 2. The molecule has 1 aliphatic carbocycles. The fourth-order valence-electron chi connectivity index (χ4n) is 3.34. The van der Waals surface area contributed by atoms with Gasteiger partial charge in [0.2, 0.25) is 5.91 Å². The predicted molar refractivity (Wildman–Crippen MR) is 115 cm³/mol. The van der Waals surface area contributed by atoms with Crippen molar-refractivity contribution in [3.05, 3.63) is 60.2 Å². The molecule has 0 saturated heterocycles. The smallest absolute Gasteiger partial charge is 0.323 e. The van der Waals surface area contributed by atoms with Crippen LogP contribution in [0.5, 0.6) is 0 Å². The summed E-state index contributed by atoms with van der Waals surface area (Å²) in [5, 5.41) is 8.62. The van der Waals surface area contributed by atoms with Crippen molar-refractivity contribution < 1.29 is 9.59 Å². The minimum atomic E-state index is -0.298. The molecule has 28 heavy (non-hydrogen) atoms. The van der Waals surface area contributed by atoms with Crippen LogP contribution in [0, 0.1) is 5.92 Å². The van der Waals surface area contributed by atoms with Crippen LogP contribution in [0.3, 0.4) is 0 Å². The van der Waals surface area contributed by atoms with Gasteiger partial charge >= 0.3 is 6.03 Å². The number of hydrogen-bond acceptors (Lipinski definition) is 3. The van der Waals surface area contributed by atoms with E-state index >= 15 is 0 Å². The number of carbonyl (C=O) groups excluding carboxylic acids is 2.